The number of halogens is 1. The number of hydrogen-bond donors (Lipinski definition) is 0. The zero-order valence-corrected chi connectivity index (χ0v) is 13.7. The number of ketones is 2. The molecule has 3 rings (SSSR count). The Bertz CT molecular complexity index is 954. The molecule has 1 aromatic carbocycles. The van der Waals surface area contributed by atoms with Crippen LogP contribution in [0.25, 0.3) is 0 Å². The highest BCUT2D eigenvalue weighted by molar-refractivity contribution is 6.27. The molecule has 1 aliphatic carbocycles. The highest BCUT2D eigenvalue weighted by atomic mass is 19.1. The van der Waals surface area contributed by atoms with E-state index in [1.807, 2.05) is 13.0 Å². The number of hydrogen-bond acceptors (Lipinski definition) is 4. The van der Waals surface area contributed by atoms with Crippen molar-refractivity contribution in [2.75, 3.05) is 0 Å². The summed E-state index contributed by atoms with van der Waals surface area (Å²) in [5, 5.41) is 9.19. The van der Waals surface area contributed by atoms with Crippen LogP contribution < -0.4 is 0 Å². The second-order valence-corrected chi connectivity index (χ2v) is 5.85. The summed E-state index contributed by atoms with van der Waals surface area (Å²) in [6, 6.07) is 8.51. The minimum absolute atomic E-state index is 0.0158. The Morgan fingerprint density at radius 1 is 1.08 bits per heavy atom. The Balaban J connectivity index is 2.14. The number of benzene rings is 1. The van der Waals surface area contributed by atoms with Gasteiger partial charge in [-0.3, -0.25) is 14.6 Å². The number of Topliss-reactive ketones (excluding diaryl/α,β-unsaturated/α-hetero) is 2. The van der Waals surface area contributed by atoms with E-state index in [0.717, 1.165) is 6.20 Å². The Hall–Kier alpha value is -3.13. The lowest BCUT2D eigenvalue weighted by Crippen LogP contribution is -2.23. The molecule has 0 radical (unpaired) electrons. The summed E-state index contributed by atoms with van der Waals surface area (Å²) in [7, 11) is 0. The van der Waals surface area contributed by atoms with Crippen LogP contribution in [0.1, 0.15) is 51.6 Å². The van der Waals surface area contributed by atoms with E-state index in [4.69, 9.17) is 0 Å². The molecule has 0 saturated carbocycles. The molecule has 2 aromatic rings. The van der Waals surface area contributed by atoms with Crippen LogP contribution in [0, 0.1) is 17.1 Å². The van der Waals surface area contributed by atoms with Gasteiger partial charge >= 0.3 is 0 Å². The van der Waals surface area contributed by atoms with Crippen molar-refractivity contribution in [3.63, 3.8) is 0 Å². The molecule has 4 nitrogen and oxygen atoms in total. The summed E-state index contributed by atoms with van der Waals surface area (Å²) in [6.07, 6.45) is 3.51. The maximum atomic E-state index is 13.8. The first-order valence-electron chi connectivity index (χ1n) is 8.01. The van der Waals surface area contributed by atoms with Crippen LogP contribution >= 0.6 is 0 Å². The maximum Gasteiger partial charge on any atom is 0.190 e. The lowest BCUT2D eigenvalue weighted by atomic mass is 9.80. The standard InChI is InChI=1S/C20H15FN2O2/c1-2-5-13-16(8-12-10-23-11-18(21)17(12)9-22)20(25)15-7-4-3-6-14(15)19(13)24/h3-4,6-7,10-11H,2,5,8H2,1H3. The van der Waals surface area contributed by atoms with Gasteiger partial charge in [-0.2, -0.15) is 5.26 Å². The van der Waals surface area contributed by atoms with E-state index in [1.54, 1.807) is 24.3 Å². The van der Waals surface area contributed by atoms with Crippen LogP contribution in [0.15, 0.2) is 47.8 Å². The number of aromatic nitrogens is 1. The normalized spacial score (nSPS) is 13.6. The summed E-state index contributed by atoms with van der Waals surface area (Å²) in [6.45, 7) is 1.92. The fourth-order valence-corrected chi connectivity index (χ4v) is 3.10. The van der Waals surface area contributed by atoms with E-state index in [1.165, 1.54) is 6.20 Å². The second kappa shape index (κ2) is 6.78. The maximum absolute atomic E-state index is 13.8. The van der Waals surface area contributed by atoms with E-state index < -0.39 is 5.82 Å². The van der Waals surface area contributed by atoms with Gasteiger partial charge in [0.2, 0.25) is 0 Å². The van der Waals surface area contributed by atoms with E-state index in [2.05, 4.69) is 4.98 Å². The lowest BCUT2D eigenvalue weighted by molar-refractivity contribution is 0.0969. The number of allylic oxidation sites excluding steroid dienone is 2. The largest absolute Gasteiger partial charge is 0.289 e. The molecule has 0 atom stereocenters. The van der Waals surface area contributed by atoms with Crippen molar-refractivity contribution in [3.05, 3.63) is 75.9 Å². The molecule has 1 aliphatic rings. The van der Waals surface area contributed by atoms with Gasteiger partial charge in [0.1, 0.15) is 6.07 Å². The molecule has 0 spiro atoms. The number of pyridine rings is 1. The third-order valence-electron chi connectivity index (χ3n) is 4.29. The number of carbonyl (C=O) groups excluding carboxylic acids is 2. The topological polar surface area (TPSA) is 70.8 Å². The van der Waals surface area contributed by atoms with Gasteiger partial charge in [0.15, 0.2) is 17.4 Å². The Labute approximate surface area is 144 Å². The predicted molar refractivity (Wildman–Crippen MR) is 89.7 cm³/mol. The van der Waals surface area contributed by atoms with Crippen LogP contribution in [-0.2, 0) is 6.42 Å². The van der Waals surface area contributed by atoms with Crippen LogP contribution in [0.5, 0.6) is 0 Å². The molecule has 0 saturated heterocycles. The Kier molecular flexibility index (Phi) is 4.53. The minimum Gasteiger partial charge on any atom is -0.289 e. The monoisotopic (exact) mass is 334 g/mol. The van der Waals surface area contributed by atoms with Gasteiger partial charge in [0.25, 0.3) is 0 Å². The van der Waals surface area contributed by atoms with Crippen molar-refractivity contribution in [2.45, 2.75) is 26.2 Å². The fourth-order valence-electron chi connectivity index (χ4n) is 3.10. The summed E-state index contributed by atoms with van der Waals surface area (Å²) in [5.74, 6) is -1.14. The SMILES string of the molecule is CCCC1=C(Cc2cncc(F)c2C#N)C(=O)c2ccccc2C1=O. The summed E-state index contributed by atoms with van der Waals surface area (Å²) in [5.41, 5.74) is 1.70. The van der Waals surface area contributed by atoms with Gasteiger partial charge < -0.3 is 0 Å². The van der Waals surface area contributed by atoms with Gasteiger partial charge in [-0.15, -0.1) is 0 Å². The van der Waals surface area contributed by atoms with Crippen LogP contribution in [0.2, 0.25) is 0 Å². The van der Waals surface area contributed by atoms with Gasteiger partial charge in [0, 0.05) is 34.9 Å². The molecule has 0 N–H and O–H groups in total. The van der Waals surface area contributed by atoms with Gasteiger partial charge in [-0.1, -0.05) is 37.6 Å². The fraction of sp³-hybridized carbons (Fsp3) is 0.200. The van der Waals surface area contributed by atoms with E-state index >= 15 is 0 Å². The predicted octanol–water partition coefficient (Wildman–Crippen LogP) is 3.81. The molecule has 1 heterocycles. The second-order valence-electron chi connectivity index (χ2n) is 5.85. The lowest BCUT2D eigenvalue weighted by Gasteiger charge is -2.21. The zero-order chi connectivity index (χ0) is 18.0. The van der Waals surface area contributed by atoms with Crippen molar-refractivity contribution in [3.8, 4) is 6.07 Å². The Morgan fingerprint density at radius 3 is 2.32 bits per heavy atom. The molecule has 0 fully saturated rings. The van der Waals surface area contributed by atoms with Crippen molar-refractivity contribution in [2.24, 2.45) is 0 Å². The zero-order valence-electron chi connectivity index (χ0n) is 13.7. The molecule has 5 heteroatoms. The van der Waals surface area contributed by atoms with Crippen molar-refractivity contribution < 1.29 is 14.0 Å². The third kappa shape index (κ3) is 2.87. The number of carbonyl (C=O) groups is 2. The van der Waals surface area contributed by atoms with Gasteiger partial charge in [0.05, 0.1) is 11.8 Å². The minimum atomic E-state index is -0.729. The Morgan fingerprint density at radius 2 is 1.72 bits per heavy atom. The van der Waals surface area contributed by atoms with Gasteiger partial charge in [-0.05, 0) is 12.0 Å². The van der Waals surface area contributed by atoms with Crippen molar-refractivity contribution in [1.82, 2.24) is 4.98 Å². The molecular formula is C20H15FN2O2. The first-order chi connectivity index (χ1) is 12.1. The van der Waals surface area contributed by atoms with Crippen molar-refractivity contribution in [1.29, 1.82) is 5.26 Å². The molecular weight excluding hydrogens is 319 g/mol. The number of rotatable bonds is 4. The molecule has 0 aliphatic heterocycles. The van der Waals surface area contributed by atoms with E-state index in [9.17, 15) is 19.2 Å². The number of nitrogens with zero attached hydrogens (tertiary/aromatic N) is 2. The highest BCUT2D eigenvalue weighted by Gasteiger charge is 2.31. The molecule has 0 amide bonds. The average molecular weight is 334 g/mol. The van der Waals surface area contributed by atoms with E-state index in [-0.39, 0.29) is 23.6 Å². The first kappa shape index (κ1) is 16.7. The summed E-state index contributed by atoms with van der Waals surface area (Å²) < 4.78 is 13.8. The number of fused-ring (bicyclic) bond motifs is 1. The summed E-state index contributed by atoms with van der Waals surface area (Å²) in [4.78, 5) is 29.5. The van der Waals surface area contributed by atoms with Gasteiger partial charge in [-0.25, -0.2) is 4.39 Å². The van der Waals surface area contributed by atoms with Crippen LogP contribution in [-0.4, -0.2) is 16.6 Å². The van der Waals surface area contributed by atoms with Crippen LogP contribution in [0.4, 0.5) is 4.39 Å². The third-order valence-corrected chi connectivity index (χ3v) is 4.29. The van der Waals surface area contributed by atoms with Crippen molar-refractivity contribution >= 4 is 11.6 Å². The summed E-state index contributed by atoms with van der Waals surface area (Å²) >= 11 is 0. The first-order valence-corrected chi connectivity index (χ1v) is 8.01. The average Bonchev–Trinajstić information content (AvgIpc) is 2.62. The molecule has 0 bridgehead atoms. The van der Waals surface area contributed by atoms with Crippen LogP contribution in [0.3, 0.4) is 0 Å². The van der Waals surface area contributed by atoms with E-state index in [0.29, 0.717) is 40.7 Å². The smallest absolute Gasteiger partial charge is 0.190 e. The molecule has 0 unspecified atom stereocenters. The quantitative estimate of drug-likeness (QED) is 0.852. The highest BCUT2D eigenvalue weighted by Crippen LogP contribution is 2.31. The molecule has 1 aromatic heterocycles. The number of nitriles is 1. The molecule has 25 heavy (non-hydrogen) atoms. The molecule has 124 valence electrons.